The van der Waals surface area contributed by atoms with Crippen LogP contribution < -0.4 is 5.32 Å². The van der Waals surface area contributed by atoms with E-state index in [1.54, 1.807) is 28.9 Å². The number of nitrogens with zero attached hydrogens (tertiary/aromatic N) is 3. The van der Waals surface area contributed by atoms with Crippen molar-refractivity contribution in [2.24, 2.45) is 0 Å². The lowest BCUT2D eigenvalue weighted by Crippen LogP contribution is -2.31. The molecule has 0 radical (unpaired) electrons. The van der Waals surface area contributed by atoms with E-state index < -0.39 is 0 Å². The molecule has 2 N–H and O–H groups in total. The molecule has 2 aromatic carbocycles. The van der Waals surface area contributed by atoms with Crippen LogP contribution >= 0.6 is 11.8 Å². The van der Waals surface area contributed by atoms with Gasteiger partial charge in [0.15, 0.2) is 0 Å². The van der Waals surface area contributed by atoms with Gasteiger partial charge < -0.3 is 10.3 Å². The minimum atomic E-state index is -0.202. The first-order valence-corrected chi connectivity index (χ1v) is 10.5. The summed E-state index contributed by atoms with van der Waals surface area (Å²) in [4.78, 5) is 25.2. The third-order valence-electron chi connectivity index (χ3n) is 4.56. The van der Waals surface area contributed by atoms with Gasteiger partial charge in [-0.25, -0.2) is 9.97 Å². The van der Waals surface area contributed by atoms with Gasteiger partial charge in [-0.2, -0.15) is 11.8 Å². The highest BCUT2D eigenvalue weighted by Gasteiger charge is 2.21. The van der Waals surface area contributed by atoms with Crippen LogP contribution in [0.2, 0.25) is 0 Å². The monoisotopic (exact) mass is 391 g/mol. The standard InChI is InChI=1S/C21H21N5OS/c1-28-12-11-18(20-23-16-9-5-6-10-17(16)24-20)25-21(27)19-13-22-14-26(19)15-7-3-2-4-8-15/h2-10,13-14,18H,11-12H2,1H3,(H,23,24)(H,25,27)/t18-/m0/s1. The Kier molecular flexibility index (Phi) is 5.43. The largest absolute Gasteiger partial charge is 0.341 e. The first-order valence-electron chi connectivity index (χ1n) is 9.08. The highest BCUT2D eigenvalue weighted by atomic mass is 32.2. The van der Waals surface area contributed by atoms with Crippen molar-refractivity contribution in [2.75, 3.05) is 12.0 Å². The number of nitrogens with one attached hydrogen (secondary N) is 2. The second kappa shape index (κ2) is 8.31. The number of fused-ring (bicyclic) bond motifs is 1. The molecule has 0 fully saturated rings. The molecule has 4 rings (SSSR count). The van der Waals surface area contributed by atoms with Crippen molar-refractivity contribution < 1.29 is 4.79 Å². The van der Waals surface area contributed by atoms with Gasteiger partial charge >= 0.3 is 0 Å². The molecule has 2 aromatic heterocycles. The molecule has 2 heterocycles. The molecule has 0 aliphatic heterocycles. The summed E-state index contributed by atoms with van der Waals surface area (Å²) in [5.41, 5.74) is 3.26. The van der Waals surface area contributed by atoms with Gasteiger partial charge in [-0.05, 0) is 42.7 Å². The minimum Gasteiger partial charge on any atom is -0.341 e. The van der Waals surface area contributed by atoms with Crippen LogP contribution in [0.3, 0.4) is 0 Å². The van der Waals surface area contributed by atoms with Crippen LogP contribution in [0, 0.1) is 0 Å². The fraction of sp³-hybridized carbons (Fsp3) is 0.190. The molecular weight excluding hydrogens is 370 g/mol. The third kappa shape index (κ3) is 3.80. The van der Waals surface area contributed by atoms with Crippen molar-refractivity contribution in [3.8, 4) is 5.69 Å². The van der Waals surface area contributed by atoms with Crippen LogP contribution in [0.15, 0.2) is 67.1 Å². The highest BCUT2D eigenvalue weighted by Crippen LogP contribution is 2.21. The first-order chi connectivity index (χ1) is 13.8. The number of carbonyl (C=O) groups is 1. The number of rotatable bonds is 7. The number of carbonyl (C=O) groups excluding carboxylic acids is 1. The number of thioether (sulfide) groups is 1. The number of benzene rings is 2. The van der Waals surface area contributed by atoms with Gasteiger partial charge in [0, 0.05) is 5.69 Å². The lowest BCUT2D eigenvalue weighted by atomic mass is 10.2. The Balaban J connectivity index is 1.61. The van der Waals surface area contributed by atoms with Crippen molar-refractivity contribution in [1.82, 2.24) is 24.8 Å². The molecule has 1 atom stereocenters. The summed E-state index contributed by atoms with van der Waals surface area (Å²) in [5.74, 6) is 1.52. The number of amides is 1. The summed E-state index contributed by atoms with van der Waals surface area (Å²) in [7, 11) is 0. The molecule has 142 valence electrons. The molecule has 0 spiro atoms. The summed E-state index contributed by atoms with van der Waals surface area (Å²) in [6.07, 6.45) is 6.09. The van der Waals surface area contributed by atoms with E-state index in [0.29, 0.717) is 5.69 Å². The quantitative estimate of drug-likeness (QED) is 0.500. The van der Waals surface area contributed by atoms with Crippen LogP contribution in [0.25, 0.3) is 16.7 Å². The average molecular weight is 392 g/mol. The molecule has 1 amide bonds. The number of H-pyrrole nitrogens is 1. The number of aromatic nitrogens is 4. The van der Waals surface area contributed by atoms with Crippen LogP contribution in [-0.2, 0) is 0 Å². The Morgan fingerprint density at radius 1 is 1.18 bits per heavy atom. The van der Waals surface area contributed by atoms with E-state index >= 15 is 0 Å². The molecule has 0 saturated carbocycles. The second-order valence-corrected chi connectivity index (χ2v) is 7.42. The molecular formula is C21H21N5OS. The molecule has 0 unspecified atom stereocenters. The van der Waals surface area contributed by atoms with E-state index in [9.17, 15) is 4.79 Å². The van der Waals surface area contributed by atoms with Gasteiger partial charge in [0.25, 0.3) is 5.91 Å². The SMILES string of the molecule is CSCC[C@H](NC(=O)c1cncn1-c1ccccc1)c1nc2ccccc2[nH]1. The topological polar surface area (TPSA) is 75.6 Å². The predicted molar refractivity (Wildman–Crippen MR) is 113 cm³/mol. The van der Waals surface area contributed by atoms with E-state index in [1.807, 2.05) is 54.6 Å². The number of hydrogen-bond donors (Lipinski definition) is 2. The Labute approximate surface area is 167 Å². The fourth-order valence-corrected chi connectivity index (χ4v) is 3.61. The van der Waals surface area contributed by atoms with E-state index in [0.717, 1.165) is 34.7 Å². The van der Waals surface area contributed by atoms with Crippen molar-refractivity contribution >= 4 is 28.7 Å². The van der Waals surface area contributed by atoms with E-state index in [-0.39, 0.29) is 11.9 Å². The van der Waals surface area contributed by atoms with Crippen molar-refractivity contribution in [2.45, 2.75) is 12.5 Å². The average Bonchev–Trinajstić information content (AvgIpc) is 3.38. The maximum atomic E-state index is 13.0. The maximum absolute atomic E-state index is 13.0. The number of imidazole rings is 2. The number of para-hydroxylation sites is 3. The highest BCUT2D eigenvalue weighted by molar-refractivity contribution is 7.98. The number of hydrogen-bond acceptors (Lipinski definition) is 4. The fourth-order valence-electron chi connectivity index (χ4n) is 3.14. The first kappa shape index (κ1) is 18.3. The molecule has 28 heavy (non-hydrogen) atoms. The van der Waals surface area contributed by atoms with Crippen molar-refractivity contribution in [1.29, 1.82) is 0 Å². The second-order valence-electron chi connectivity index (χ2n) is 6.43. The van der Waals surface area contributed by atoms with Crippen molar-refractivity contribution in [3.63, 3.8) is 0 Å². The zero-order chi connectivity index (χ0) is 19.3. The predicted octanol–water partition coefficient (Wildman–Crippen LogP) is 3.97. The van der Waals surface area contributed by atoms with Crippen LogP contribution in [0.1, 0.15) is 28.8 Å². The lowest BCUT2D eigenvalue weighted by Gasteiger charge is -2.17. The van der Waals surface area contributed by atoms with Gasteiger partial charge in [0.1, 0.15) is 11.5 Å². The Morgan fingerprint density at radius 3 is 2.75 bits per heavy atom. The van der Waals surface area contributed by atoms with Gasteiger partial charge in [0.05, 0.1) is 29.6 Å². The molecule has 0 aliphatic carbocycles. The molecule has 6 nitrogen and oxygen atoms in total. The van der Waals surface area contributed by atoms with E-state index in [2.05, 4.69) is 26.5 Å². The van der Waals surface area contributed by atoms with Crippen LogP contribution in [0.5, 0.6) is 0 Å². The summed E-state index contributed by atoms with van der Waals surface area (Å²) >= 11 is 1.75. The molecule has 0 bridgehead atoms. The molecule has 0 saturated heterocycles. The van der Waals surface area contributed by atoms with Crippen LogP contribution in [0.4, 0.5) is 0 Å². The minimum absolute atomic E-state index is 0.173. The zero-order valence-corrected chi connectivity index (χ0v) is 16.3. The Morgan fingerprint density at radius 2 is 1.96 bits per heavy atom. The molecule has 4 aromatic rings. The number of aromatic amines is 1. The molecule has 0 aliphatic rings. The van der Waals surface area contributed by atoms with E-state index in [4.69, 9.17) is 0 Å². The third-order valence-corrected chi connectivity index (χ3v) is 5.20. The van der Waals surface area contributed by atoms with Crippen LogP contribution in [-0.4, -0.2) is 37.4 Å². The lowest BCUT2D eigenvalue weighted by molar-refractivity contribution is 0.0927. The normalized spacial score (nSPS) is 12.2. The van der Waals surface area contributed by atoms with Gasteiger partial charge in [-0.3, -0.25) is 9.36 Å². The van der Waals surface area contributed by atoms with E-state index in [1.165, 1.54) is 0 Å². The summed E-state index contributed by atoms with van der Waals surface area (Å²) in [5, 5.41) is 3.13. The van der Waals surface area contributed by atoms with Gasteiger partial charge in [-0.15, -0.1) is 0 Å². The molecule has 7 heteroatoms. The zero-order valence-electron chi connectivity index (χ0n) is 15.5. The van der Waals surface area contributed by atoms with Crippen molar-refractivity contribution in [3.05, 3.63) is 78.6 Å². The smallest absolute Gasteiger partial charge is 0.270 e. The summed E-state index contributed by atoms with van der Waals surface area (Å²) < 4.78 is 1.79. The Hall–Kier alpha value is -3.06. The maximum Gasteiger partial charge on any atom is 0.270 e. The summed E-state index contributed by atoms with van der Waals surface area (Å²) in [6, 6.07) is 17.4. The van der Waals surface area contributed by atoms with Gasteiger partial charge in [-0.1, -0.05) is 30.3 Å². The van der Waals surface area contributed by atoms with Gasteiger partial charge in [0.2, 0.25) is 0 Å². The Bertz CT molecular complexity index is 1040. The summed E-state index contributed by atoms with van der Waals surface area (Å²) in [6.45, 7) is 0.